The van der Waals surface area contributed by atoms with Crippen LogP contribution in [-0.4, -0.2) is 21.8 Å². The topological polar surface area (TPSA) is 128 Å². The van der Waals surface area contributed by atoms with E-state index in [1.54, 1.807) is 48.7 Å². The van der Waals surface area contributed by atoms with Gasteiger partial charge in [-0.05, 0) is 48.0 Å². The van der Waals surface area contributed by atoms with Gasteiger partial charge in [0.25, 0.3) is 0 Å². The van der Waals surface area contributed by atoms with Crippen LogP contribution in [0.1, 0.15) is 5.56 Å². The number of nitrogens with two attached hydrogens (primary N) is 1. The molecule has 3 aromatic rings. The van der Waals surface area contributed by atoms with E-state index in [0.29, 0.717) is 17.2 Å². The molecule has 146 valence electrons. The van der Waals surface area contributed by atoms with E-state index in [-0.39, 0.29) is 16.3 Å². The van der Waals surface area contributed by atoms with Crippen molar-refractivity contribution in [2.24, 2.45) is 5.14 Å². The summed E-state index contributed by atoms with van der Waals surface area (Å²) in [7, 11) is -7.72. The molecule has 0 aliphatic heterocycles. The summed E-state index contributed by atoms with van der Waals surface area (Å²) in [5, 5.41) is 5.01. The van der Waals surface area contributed by atoms with E-state index >= 15 is 0 Å². The third-order valence-electron chi connectivity index (χ3n) is 3.69. The molecule has 0 saturated heterocycles. The maximum atomic E-state index is 12.4. The molecule has 10 heteroatoms. The average molecular weight is 419 g/mol. The van der Waals surface area contributed by atoms with Crippen LogP contribution < -0.4 is 14.6 Å². The van der Waals surface area contributed by atoms with Gasteiger partial charge in [-0.1, -0.05) is 18.2 Å². The first kappa shape index (κ1) is 20.0. The number of rotatable bonds is 7. The summed E-state index contributed by atoms with van der Waals surface area (Å²) in [4.78, 5) is 3.84. The van der Waals surface area contributed by atoms with E-state index in [9.17, 15) is 16.8 Å². The highest BCUT2D eigenvalue weighted by Crippen LogP contribution is 2.20. The van der Waals surface area contributed by atoms with Crippen molar-refractivity contribution in [2.75, 3.05) is 0 Å². The number of hydrogen-bond donors (Lipinski definition) is 2. The predicted octanol–water partition coefficient (Wildman–Crippen LogP) is 2.00. The Balaban J connectivity index is 1.70. The lowest BCUT2D eigenvalue weighted by Crippen LogP contribution is -2.23. The van der Waals surface area contributed by atoms with Crippen molar-refractivity contribution in [3.05, 3.63) is 78.5 Å². The Morgan fingerprint density at radius 2 is 1.61 bits per heavy atom. The van der Waals surface area contributed by atoms with Crippen LogP contribution in [0.3, 0.4) is 0 Å². The van der Waals surface area contributed by atoms with Gasteiger partial charge in [-0.15, -0.1) is 0 Å². The van der Waals surface area contributed by atoms with Gasteiger partial charge in [0.05, 0.1) is 9.79 Å². The summed E-state index contributed by atoms with van der Waals surface area (Å²) in [6.07, 6.45) is 1.61. The summed E-state index contributed by atoms with van der Waals surface area (Å²) in [5.41, 5.74) is 0.679. The molecule has 0 unspecified atom stereocenters. The second kappa shape index (κ2) is 8.07. The minimum Gasteiger partial charge on any atom is -0.439 e. The Bertz CT molecular complexity index is 1160. The zero-order valence-corrected chi connectivity index (χ0v) is 16.2. The quantitative estimate of drug-likeness (QED) is 0.603. The summed E-state index contributed by atoms with van der Waals surface area (Å²) in [6.45, 7) is 0.0265. The van der Waals surface area contributed by atoms with Crippen molar-refractivity contribution in [3.8, 4) is 11.6 Å². The molecule has 1 aromatic heterocycles. The van der Waals surface area contributed by atoms with Gasteiger partial charge in [-0.25, -0.2) is 31.7 Å². The molecular weight excluding hydrogens is 402 g/mol. The molecule has 0 spiro atoms. The number of sulfonamides is 2. The van der Waals surface area contributed by atoms with E-state index in [0.717, 1.165) is 12.1 Å². The van der Waals surface area contributed by atoms with Crippen molar-refractivity contribution < 1.29 is 21.6 Å². The molecule has 0 aliphatic carbocycles. The van der Waals surface area contributed by atoms with Gasteiger partial charge in [-0.3, -0.25) is 0 Å². The molecule has 8 nitrogen and oxygen atoms in total. The third-order valence-corrected chi connectivity index (χ3v) is 6.03. The van der Waals surface area contributed by atoms with E-state index in [1.165, 1.54) is 12.1 Å². The van der Waals surface area contributed by atoms with Gasteiger partial charge in [0, 0.05) is 18.8 Å². The highest BCUT2D eigenvalue weighted by Gasteiger charge is 2.15. The number of benzene rings is 2. The van der Waals surface area contributed by atoms with Crippen molar-refractivity contribution >= 4 is 20.0 Å². The molecule has 3 rings (SSSR count). The normalized spacial score (nSPS) is 11.9. The summed E-state index contributed by atoms with van der Waals surface area (Å²) < 4.78 is 55.4. The lowest BCUT2D eigenvalue weighted by molar-refractivity contribution is 0.462. The largest absolute Gasteiger partial charge is 0.439 e. The van der Waals surface area contributed by atoms with E-state index in [2.05, 4.69) is 9.71 Å². The zero-order chi connectivity index (χ0) is 20.2. The van der Waals surface area contributed by atoms with Gasteiger partial charge in [0.2, 0.25) is 25.9 Å². The maximum Gasteiger partial charge on any atom is 0.240 e. The first-order valence-electron chi connectivity index (χ1n) is 8.04. The molecule has 0 amide bonds. The van der Waals surface area contributed by atoms with Crippen molar-refractivity contribution in [2.45, 2.75) is 16.3 Å². The van der Waals surface area contributed by atoms with Crippen LogP contribution in [0.2, 0.25) is 0 Å². The number of primary sulfonamides is 1. The first-order valence-corrected chi connectivity index (χ1v) is 11.1. The fourth-order valence-corrected chi connectivity index (χ4v) is 3.85. The lowest BCUT2D eigenvalue weighted by atomic mass is 10.2. The van der Waals surface area contributed by atoms with Crippen molar-refractivity contribution in [1.82, 2.24) is 9.71 Å². The zero-order valence-electron chi connectivity index (χ0n) is 14.5. The Morgan fingerprint density at radius 1 is 0.893 bits per heavy atom. The van der Waals surface area contributed by atoms with Crippen LogP contribution in [0, 0.1) is 0 Å². The van der Waals surface area contributed by atoms with Crippen molar-refractivity contribution in [1.29, 1.82) is 0 Å². The third kappa shape index (κ3) is 5.14. The highest BCUT2D eigenvalue weighted by atomic mass is 32.2. The van der Waals surface area contributed by atoms with Gasteiger partial charge in [0.15, 0.2) is 0 Å². The monoisotopic (exact) mass is 419 g/mol. The standard InChI is InChI=1S/C18H17N3O5S2/c19-27(22,23)16-7-9-17(10-8-16)28(24,25)21-13-14-4-3-5-15(12-14)26-18-6-1-2-11-20-18/h1-12,21H,13H2,(H2,19,22,23). The molecule has 0 saturated carbocycles. The Morgan fingerprint density at radius 3 is 2.25 bits per heavy atom. The average Bonchev–Trinajstić information content (AvgIpc) is 2.67. The van der Waals surface area contributed by atoms with Crippen LogP contribution in [-0.2, 0) is 26.6 Å². The van der Waals surface area contributed by atoms with Gasteiger partial charge < -0.3 is 4.74 Å². The molecule has 0 radical (unpaired) electrons. The molecule has 0 aliphatic rings. The van der Waals surface area contributed by atoms with Crippen LogP contribution >= 0.6 is 0 Å². The Hall–Kier alpha value is -2.79. The van der Waals surface area contributed by atoms with Crippen LogP contribution in [0.15, 0.2) is 82.7 Å². The Labute approximate surface area is 163 Å². The van der Waals surface area contributed by atoms with E-state index in [1.807, 2.05) is 0 Å². The van der Waals surface area contributed by atoms with Crippen molar-refractivity contribution in [3.63, 3.8) is 0 Å². The maximum absolute atomic E-state index is 12.4. The highest BCUT2D eigenvalue weighted by molar-refractivity contribution is 7.89. The van der Waals surface area contributed by atoms with Gasteiger partial charge in [-0.2, -0.15) is 0 Å². The molecule has 0 atom stereocenters. The molecule has 2 aromatic carbocycles. The minimum atomic E-state index is -3.89. The molecule has 3 N–H and O–H groups in total. The summed E-state index contributed by atoms with van der Waals surface area (Å²) >= 11 is 0. The Kier molecular flexibility index (Phi) is 5.75. The second-order valence-electron chi connectivity index (χ2n) is 5.76. The number of pyridine rings is 1. The second-order valence-corrected chi connectivity index (χ2v) is 9.09. The SMILES string of the molecule is NS(=O)(=O)c1ccc(S(=O)(=O)NCc2cccc(Oc3ccccn3)c2)cc1. The minimum absolute atomic E-state index is 0.0265. The molecule has 1 heterocycles. The fraction of sp³-hybridized carbons (Fsp3) is 0.0556. The van der Waals surface area contributed by atoms with E-state index in [4.69, 9.17) is 9.88 Å². The molecule has 0 bridgehead atoms. The van der Waals surface area contributed by atoms with Gasteiger partial charge >= 0.3 is 0 Å². The molecular formula is C18H17N3O5S2. The molecule has 0 fully saturated rings. The van der Waals surface area contributed by atoms with Gasteiger partial charge in [0.1, 0.15) is 5.75 Å². The number of hydrogen-bond acceptors (Lipinski definition) is 6. The summed E-state index contributed by atoms with van der Waals surface area (Å²) in [6, 6.07) is 16.8. The fourth-order valence-electron chi connectivity index (χ4n) is 2.32. The number of aromatic nitrogens is 1. The van der Waals surface area contributed by atoms with E-state index < -0.39 is 20.0 Å². The van der Waals surface area contributed by atoms with Crippen LogP contribution in [0.25, 0.3) is 0 Å². The predicted molar refractivity (Wildman–Crippen MR) is 103 cm³/mol. The van der Waals surface area contributed by atoms with Crippen LogP contribution in [0.4, 0.5) is 0 Å². The number of nitrogens with one attached hydrogen (secondary N) is 1. The lowest BCUT2D eigenvalue weighted by Gasteiger charge is -2.09. The van der Waals surface area contributed by atoms with Crippen LogP contribution in [0.5, 0.6) is 11.6 Å². The molecule has 28 heavy (non-hydrogen) atoms. The smallest absolute Gasteiger partial charge is 0.240 e. The number of nitrogens with zero attached hydrogens (tertiary/aromatic N) is 1. The number of ether oxygens (including phenoxy) is 1. The first-order chi connectivity index (χ1) is 13.2. The summed E-state index contributed by atoms with van der Waals surface area (Å²) in [5.74, 6) is 0.947.